The Morgan fingerprint density at radius 2 is 2.00 bits per heavy atom. The minimum atomic E-state index is -0.556. The maximum Gasteiger partial charge on any atom is 0.273 e. The Balaban J connectivity index is 2.02. The summed E-state index contributed by atoms with van der Waals surface area (Å²) >= 11 is 0. The average molecular weight is 285 g/mol. The van der Waals surface area contributed by atoms with Crippen molar-refractivity contribution in [3.05, 3.63) is 75.1 Å². The second-order valence-corrected chi connectivity index (χ2v) is 4.42. The van der Waals surface area contributed by atoms with Gasteiger partial charge in [-0.15, -0.1) is 0 Å². The molecule has 0 saturated heterocycles. The quantitative estimate of drug-likeness (QED) is 0.676. The molecule has 0 radical (unpaired) electrons. The minimum absolute atomic E-state index is 0.0139. The van der Waals surface area contributed by atoms with Gasteiger partial charge < -0.3 is 5.32 Å². The molecule has 0 aliphatic rings. The number of hydrogen-bond donors (Lipinski definition) is 1. The molecule has 2 rings (SSSR count). The number of nitrogens with one attached hydrogen (secondary N) is 1. The van der Waals surface area contributed by atoms with Gasteiger partial charge in [0, 0.05) is 24.7 Å². The molecule has 1 N–H and O–H groups in total. The summed E-state index contributed by atoms with van der Waals surface area (Å²) in [5.74, 6) is -0.556. The van der Waals surface area contributed by atoms with E-state index in [4.69, 9.17) is 5.26 Å². The van der Waals surface area contributed by atoms with Gasteiger partial charge in [-0.3, -0.25) is 10.1 Å². The number of nitro groups is 1. The van der Waals surface area contributed by atoms with Crippen molar-refractivity contribution in [3.63, 3.8) is 0 Å². The van der Waals surface area contributed by atoms with Crippen molar-refractivity contribution >= 4 is 5.69 Å². The van der Waals surface area contributed by atoms with Gasteiger partial charge in [0.25, 0.3) is 5.69 Å². The molecule has 21 heavy (non-hydrogen) atoms. The van der Waals surface area contributed by atoms with Gasteiger partial charge in [0.2, 0.25) is 0 Å². The second-order valence-electron chi connectivity index (χ2n) is 4.42. The van der Waals surface area contributed by atoms with Crippen LogP contribution in [0.1, 0.15) is 16.7 Å². The maximum atomic E-state index is 13.2. The Kier molecular flexibility index (Phi) is 4.59. The molecular weight excluding hydrogens is 273 g/mol. The summed E-state index contributed by atoms with van der Waals surface area (Å²) in [5.41, 5.74) is 1.36. The van der Waals surface area contributed by atoms with Gasteiger partial charge in [-0.2, -0.15) is 5.26 Å². The van der Waals surface area contributed by atoms with E-state index in [0.717, 1.165) is 5.56 Å². The largest absolute Gasteiger partial charge is 0.308 e. The van der Waals surface area contributed by atoms with Crippen molar-refractivity contribution in [2.45, 2.75) is 13.1 Å². The predicted molar refractivity (Wildman–Crippen MR) is 74.8 cm³/mol. The van der Waals surface area contributed by atoms with Crippen molar-refractivity contribution in [2.24, 2.45) is 0 Å². The maximum absolute atomic E-state index is 13.2. The molecule has 0 amide bonds. The smallest absolute Gasteiger partial charge is 0.273 e. The zero-order valence-electron chi connectivity index (χ0n) is 11.0. The normalized spacial score (nSPS) is 10.1. The molecule has 0 saturated carbocycles. The lowest BCUT2D eigenvalue weighted by Gasteiger charge is -2.06. The standard InChI is InChI=1S/C15H12FN3O2/c16-14-6-5-11(7-13(14)8-17)9-18-10-12-3-1-2-4-15(12)19(20)21/h1-7,18H,9-10H2. The van der Waals surface area contributed by atoms with E-state index in [0.29, 0.717) is 18.7 Å². The summed E-state index contributed by atoms with van der Waals surface area (Å²) in [5, 5.41) is 22.7. The molecule has 2 aromatic rings. The van der Waals surface area contributed by atoms with Crippen molar-refractivity contribution in [2.75, 3.05) is 0 Å². The van der Waals surface area contributed by atoms with Crippen molar-refractivity contribution in [3.8, 4) is 6.07 Å². The Hall–Kier alpha value is -2.78. The fraction of sp³-hybridized carbons (Fsp3) is 0.133. The highest BCUT2D eigenvalue weighted by atomic mass is 19.1. The topological polar surface area (TPSA) is 79.0 Å². The lowest BCUT2D eigenvalue weighted by molar-refractivity contribution is -0.385. The predicted octanol–water partition coefficient (Wildman–Crippen LogP) is 2.90. The van der Waals surface area contributed by atoms with E-state index >= 15 is 0 Å². The molecule has 0 atom stereocenters. The SMILES string of the molecule is N#Cc1cc(CNCc2ccccc2[N+](=O)[O-])ccc1F. The van der Waals surface area contributed by atoms with Gasteiger partial charge in [-0.25, -0.2) is 4.39 Å². The lowest BCUT2D eigenvalue weighted by atomic mass is 10.1. The van der Waals surface area contributed by atoms with E-state index in [1.807, 2.05) is 0 Å². The van der Waals surface area contributed by atoms with Crippen molar-refractivity contribution in [1.29, 1.82) is 5.26 Å². The van der Waals surface area contributed by atoms with Crippen LogP contribution in [0.5, 0.6) is 0 Å². The Bertz CT molecular complexity index is 710. The molecule has 0 fully saturated rings. The van der Waals surface area contributed by atoms with Crippen molar-refractivity contribution in [1.82, 2.24) is 5.32 Å². The molecule has 0 aromatic heterocycles. The van der Waals surface area contributed by atoms with Gasteiger partial charge in [-0.1, -0.05) is 24.3 Å². The summed E-state index contributed by atoms with van der Waals surface area (Å²) in [6.45, 7) is 0.706. The van der Waals surface area contributed by atoms with Gasteiger partial charge in [0.05, 0.1) is 10.5 Å². The third kappa shape index (κ3) is 3.61. The number of nitro benzene ring substituents is 1. The molecule has 0 unspecified atom stereocenters. The highest BCUT2D eigenvalue weighted by Crippen LogP contribution is 2.17. The first-order valence-electron chi connectivity index (χ1n) is 6.23. The fourth-order valence-electron chi connectivity index (χ4n) is 1.95. The monoisotopic (exact) mass is 285 g/mol. The molecular formula is C15H12FN3O2. The molecule has 0 heterocycles. The lowest BCUT2D eigenvalue weighted by Crippen LogP contribution is -2.14. The number of benzene rings is 2. The summed E-state index contributed by atoms with van der Waals surface area (Å²) < 4.78 is 13.2. The summed E-state index contributed by atoms with van der Waals surface area (Å²) in [6, 6.07) is 12.5. The summed E-state index contributed by atoms with van der Waals surface area (Å²) in [7, 11) is 0. The Morgan fingerprint density at radius 3 is 2.71 bits per heavy atom. The molecule has 0 aliphatic carbocycles. The number of rotatable bonds is 5. The molecule has 0 spiro atoms. The highest BCUT2D eigenvalue weighted by Gasteiger charge is 2.11. The molecule has 0 aliphatic heterocycles. The first-order valence-corrected chi connectivity index (χ1v) is 6.23. The van der Waals surface area contributed by atoms with Crippen LogP contribution in [0.3, 0.4) is 0 Å². The van der Waals surface area contributed by atoms with Crippen LogP contribution in [0.25, 0.3) is 0 Å². The molecule has 6 heteroatoms. The van der Waals surface area contributed by atoms with E-state index in [2.05, 4.69) is 5.32 Å². The molecule has 106 valence electrons. The van der Waals surface area contributed by atoms with Crippen LogP contribution < -0.4 is 5.32 Å². The Morgan fingerprint density at radius 1 is 1.24 bits per heavy atom. The van der Waals surface area contributed by atoms with E-state index < -0.39 is 10.7 Å². The number of nitriles is 1. The summed E-state index contributed by atoms with van der Waals surface area (Å²) in [4.78, 5) is 10.4. The third-order valence-corrected chi connectivity index (χ3v) is 2.98. The number of hydrogen-bond acceptors (Lipinski definition) is 4. The van der Waals surface area contributed by atoms with Gasteiger partial charge in [0.15, 0.2) is 0 Å². The average Bonchev–Trinajstić information content (AvgIpc) is 2.49. The van der Waals surface area contributed by atoms with E-state index in [1.54, 1.807) is 30.3 Å². The van der Waals surface area contributed by atoms with E-state index in [9.17, 15) is 14.5 Å². The first kappa shape index (κ1) is 14.6. The first-order chi connectivity index (χ1) is 10.1. The number of nitrogens with zero attached hydrogens (tertiary/aromatic N) is 2. The number of halogens is 1. The van der Waals surface area contributed by atoms with Crippen LogP contribution in [0.2, 0.25) is 0 Å². The summed E-state index contributed by atoms with van der Waals surface area (Å²) in [6.07, 6.45) is 0. The van der Waals surface area contributed by atoms with E-state index in [1.165, 1.54) is 18.2 Å². The van der Waals surface area contributed by atoms with Crippen LogP contribution in [-0.2, 0) is 13.1 Å². The number of para-hydroxylation sites is 1. The molecule has 2 aromatic carbocycles. The zero-order valence-corrected chi connectivity index (χ0v) is 11.0. The van der Waals surface area contributed by atoms with Crippen LogP contribution in [0.15, 0.2) is 42.5 Å². The molecule has 5 nitrogen and oxygen atoms in total. The van der Waals surface area contributed by atoms with Crippen LogP contribution in [0.4, 0.5) is 10.1 Å². The van der Waals surface area contributed by atoms with Crippen molar-refractivity contribution < 1.29 is 9.31 Å². The van der Waals surface area contributed by atoms with Crippen LogP contribution in [-0.4, -0.2) is 4.92 Å². The van der Waals surface area contributed by atoms with Gasteiger partial charge in [0.1, 0.15) is 11.9 Å². The second kappa shape index (κ2) is 6.59. The van der Waals surface area contributed by atoms with Crippen LogP contribution >= 0.6 is 0 Å². The zero-order chi connectivity index (χ0) is 15.2. The minimum Gasteiger partial charge on any atom is -0.308 e. The highest BCUT2D eigenvalue weighted by molar-refractivity contribution is 5.39. The van der Waals surface area contributed by atoms with Crippen LogP contribution in [0, 0.1) is 27.3 Å². The molecule has 0 bridgehead atoms. The van der Waals surface area contributed by atoms with Gasteiger partial charge in [-0.05, 0) is 17.7 Å². The van der Waals surface area contributed by atoms with Gasteiger partial charge >= 0.3 is 0 Å². The third-order valence-electron chi connectivity index (χ3n) is 2.98. The van der Waals surface area contributed by atoms with E-state index in [-0.39, 0.29) is 11.3 Å². The Labute approximate surface area is 120 Å². The fourth-order valence-corrected chi connectivity index (χ4v) is 1.95.